The highest BCUT2D eigenvalue weighted by atomic mass is 32.2. The van der Waals surface area contributed by atoms with Gasteiger partial charge in [-0.2, -0.15) is 0 Å². The average molecular weight is 341 g/mol. The number of carbonyl (C=O) groups is 1. The molecular formula is C19H19NO3S. The molecule has 1 amide bonds. The standard InChI is InChI=1S/C19H19NO3S/c1-3-15-20(19(21)14-11-17-7-5-4-6-8-17)24(22,23)18-12-9-16(2)10-13-18/h3-14H,1,15H2,2H3/b14-11+. The number of amides is 1. The summed E-state index contributed by atoms with van der Waals surface area (Å²) in [7, 11) is -3.92. The van der Waals surface area contributed by atoms with Gasteiger partial charge in [0.25, 0.3) is 15.9 Å². The number of hydrogen-bond donors (Lipinski definition) is 0. The molecule has 0 atom stereocenters. The topological polar surface area (TPSA) is 54.5 Å². The molecule has 0 aliphatic rings. The third-order valence-electron chi connectivity index (χ3n) is 3.37. The molecule has 5 heteroatoms. The van der Waals surface area contributed by atoms with Gasteiger partial charge in [0.2, 0.25) is 0 Å². The van der Waals surface area contributed by atoms with Crippen molar-refractivity contribution in [1.29, 1.82) is 0 Å². The van der Waals surface area contributed by atoms with Gasteiger partial charge in [-0.1, -0.05) is 54.1 Å². The third-order valence-corrected chi connectivity index (χ3v) is 5.14. The van der Waals surface area contributed by atoms with Crippen molar-refractivity contribution in [3.63, 3.8) is 0 Å². The molecule has 0 fully saturated rings. The first kappa shape index (κ1) is 17.7. The molecule has 0 saturated carbocycles. The van der Waals surface area contributed by atoms with Gasteiger partial charge in [0.1, 0.15) is 0 Å². The van der Waals surface area contributed by atoms with Gasteiger partial charge in [0.15, 0.2) is 0 Å². The highest BCUT2D eigenvalue weighted by Gasteiger charge is 2.26. The first-order valence-corrected chi connectivity index (χ1v) is 8.86. The van der Waals surface area contributed by atoms with Crippen LogP contribution in [0, 0.1) is 6.92 Å². The van der Waals surface area contributed by atoms with E-state index >= 15 is 0 Å². The van der Waals surface area contributed by atoms with Gasteiger partial charge in [-0.3, -0.25) is 4.79 Å². The largest absolute Gasteiger partial charge is 0.269 e. The number of rotatable bonds is 6. The Morgan fingerprint density at radius 3 is 2.29 bits per heavy atom. The highest BCUT2D eigenvalue weighted by Crippen LogP contribution is 2.17. The lowest BCUT2D eigenvalue weighted by Crippen LogP contribution is -2.35. The second-order valence-electron chi connectivity index (χ2n) is 5.22. The van der Waals surface area contributed by atoms with Gasteiger partial charge in [0, 0.05) is 6.08 Å². The van der Waals surface area contributed by atoms with Crippen LogP contribution in [0.25, 0.3) is 6.08 Å². The van der Waals surface area contributed by atoms with Crippen molar-refractivity contribution in [1.82, 2.24) is 4.31 Å². The Bertz CT molecular complexity index is 838. The normalized spacial score (nSPS) is 11.4. The van der Waals surface area contributed by atoms with Crippen LogP contribution >= 0.6 is 0 Å². The van der Waals surface area contributed by atoms with Gasteiger partial charge in [-0.15, -0.1) is 6.58 Å². The Labute approximate surface area is 142 Å². The molecule has 0 saturated heterocycles. The predicted molar refractivity (Wildman–Crippen MR) is 95.8 cm³/mol. The van der Waals surface area contributed by atoms with Crippen LogP contribution in [0.1, 0.15) is 11.1 Å². The van der Waals surface area contributed by atoms with Gasteiger partial charge < -0.3 is 0 Å². The molecule has 2 rings (SSSR count). The summed E-state index contributed by atoms with van der Waals surface area (Å²) < 4.78 is 26.2. The van der Waals surface area contributed by atoms with E-state index in [4.69, 9.17) is 0 Å². The average Bonchev–Trinajstić information content (AvgIpc) is 2.58. The van der Waals surface area contributed by atoms with E-state index < -0.39 is 15.9 Å². The Kier molecular flexibility index (Phi) is 5.71. The smallest absolute Gasteiger partial charge is 0.267 e. The van der Waals surface area contributed by atoms with Crippen molar-refractivity contribution in [2.24, 2.45) is 0 Å². The van der Waals surface area contributed by atoms with E-state index in [0.29, 0.717) is 0 Å². The minimum atomic E-state index is -3.92. The van der Waals surface area contributed by atoms with E-state index in [-0.39, 0.29) is 11.4 Å². The maximum atomic E-state index is 12.7. The number of aryl methyl sites for hydroxylation is 1. The number of carbonyl (C=O) groups excluding carboxylic acids is 1. The molecule has 0 aromatic heterocycles. The molecule has 4 nitrogen and oxygen atoms in total. The van der Waals surface area contributed by atoms with E-state index in [2.05, 4.69) is 6.58 Å². The summed E-state index contributed by atoms with van der Waals surface area (Å²) in [5.74, 6) is -0.612. The van der Waals surface area contributed by atoms with Crippen LogP contribution in [-0.2, 0) is 14.8 Å². The molecule has 0 unspecified atom stereocenters. The lowest BCUT2D eigenvalue weighted by Gasteiger charge is -2.19. The van der Waals surface area contributed by atoms with Crippen molar-refractivity contribution >= 4 is 22.0 Å². The molecule has 0 radical (unpaired) electrons. The second kappa shape index (κ2) is 7.75. The molecule has 2 aromatic rings. The van der Waals surface area contributed by atoms with Crippen molar-refractivity contribution in [2.75, 3.05) is 6.54 Å². The molecule has 0 spiro atoms. The highest BCUT2D eigenvalue weighted by molar-refractivity contribution is 7.89. The van der Waals surface area contributed by atoms with E-state index in [0.717, 1.165) is 15.4 Å². The van der Waals surface area contributed by atoms with Crippen LogP contribution in [0.4, 0.5) is 0 Å². The van der Waals surface area contributed by atoms with Gasteiger partial charge in [-0.25, -0.2) is 12.7 Å². The molecule has 0 N–H and O–H groups in total. The van der Waals surface area contributed by atoms with E-state index in [1.54, 1.807) is 18.2 Å². The molecule has 0 aliphatic heterocycles. The lowest BCUT2D eigenvalue weighted by molar-refractivity contribution is -0.121. The first-order chi connectivity index (χ1) is 11.4. The molecule has 0 aliphatic carbocycles. The maximum Gasteiger partial charge on any atom is 0.267 e. The van der Waals surface area contributed by atoms with Crippen LogP contribution in [0.15, 0.2) is 78.2 Å². The summed E-state index contributed by atoms with van der Waals surface area (Å²) in [6.07, 6.45) is 4.23. The molecular weight excluding hydrogens is 322 g/mol. The van der Waals surface area contributed by atoms with Crippen LogP contribution in [0.2, 0.25) is 0 Å². The number of hydrogen-bond acceptors (Lipinski definition) is 3. The maximum absolute atomic E-state index is 12.7. The zero-order valence-electron chi connectivity index (χ0n) is 13.4. The van der Waals surface area contributed by atoms with Crippen molar-refractivity contribution in [3.8, 4) is 0 Å². The SMILES string of the molecule is C=CCN(C(=O)/C=C/c1ccccc1)S(=O)(=O)c1ccc(C)cc1. The minimum absolute atomic E-state index is 0.0800. The summed E-state index contributed by atoms with van der Waals surface area (Å²) in [4.78, 5) is 12.5. The van der Waals surface area contributed by atoms with Crippen LogP contribution in [0.3, 0.4) is 0 Å². The van der Waals surface area contributed by atoms with Crippen LogP contribution < -0.4 is 0 Å². The summed E-state index contributed by atoms with van der Waals surface area (Å²) >= 11 is 0. The van der Waals surface area contributed by atoms with E-state index in [1.807, 2.05) is 37.3 Å². The van der Waals surface area contributed by atoms with Crippen molar-refractivity contribution in [2.45, 2.75) is 11.8 Å². The fourth-order valence-electron chi connectivity index (χ4n) is 2.08. The Morgan fingerprint density at radius 2 is 1.71 bits per heavy atom. The molecule has 2 aromatic carbocycles. The summed E-state index contributed by atoms with van der Waals surface area (Å²) in [6, 6.07) is 15.6. The zero-order valence-corrected chi connectivity index (χ0v) is 14.2. The van der Waals surface area contributed by atoms with Crippen molar-refractivity contribution in [3.05, 3.63) is 84.5 Å². The Hall–Kier alpha value is -2.66. The number of sulfonamides is 1. The Morgan fingerprint density at radius 1 is 1.08 bits per heavy atom. The zero-order chi connectivity index (χ0) is 17.6. The summed E-state index contributed by atoms with van der Waals surface area (Å²) in [5.41, 5.74) is 1.76. The first-order valence-electron chi connectivity index (χ1n) is 7.42. The lowest BCUT2D eigenvalue weighted by atomic mass is 10.2. The van der Waals surface area contributed by atoms with Gasteiger partial charge >= 0.3 is 0 Å². The summed E-state index contributed by atoms with van der Waals surface area (Å²) in [5, 5.41) is 0. The third kappa shape index (κ3) is 4.20. The molecule has 0 heterocycles. The van der Waals surface area contributed by atoms with Crippen LogP contribution in [-0.4, -0.2) is 25.2 Å². The fraction of sp³-hybridized carbons (Fsp3) is 0.105. The monoisotopic (exact) mass is 341 g/mol. The number of nitrogens with zero attached hydrogens (tertiary/aromatic N) is 1. The minimum Gasteiger partial charge on any atom is -0.269 e. The van der Waals surface area contributed by atoms with Gasteiger partial charge in [-0.05, 0) is 30.7 Å². The second-order valence-corrected chi connectivity index (χ2v) is 7.08. The molecule has 124 valence electrons. The molecule has 0 bridgehead atoms. The number of benzene rings is 2. The van der Waals surface area contributed by atoms with E-state index in [9.17, 15) is 13.2 Å². The van der Waals surface area contributed by atoms with Crippen molar-refractivity contribution < 1.29 is 13.2 Å². The van der Waals surface area contributed by atoms with Gasteiger partial charge in [0.05, 0.1) is 11.4 Å². The van der Waals surface area contributed by atoms with Crippen LogP contribution in [0.5, 0.6) is 0 Å². The predicted octanol–water partition coefficient (Wildman–Crippen LogP) is 3.41. The fourth-order valence-corrected chi connectivity index (χ4v) is 3.41. The quantitative estimate of drug-likeness (QED) is 0.598. The Balaban J connectivity index is 2.30. The summed E-state index contributed by atoms with van der Waals surface area (Å²) in [6.45, 7) is 5.32. The molecule has 24 heavy (non-hydrogen) atoms. The van der Waals surface area contributed by atoms with E-state index in [1.165, 1.54) is 24.3 Å².